The molecule has 5 nitrogen and oxygen atoms in total. The van der Waals surface area contributed by atoms with E-state index in [0.29, 0.717) is 23.5 Å². The minimum Gasteiger partial charge on any atom is -0.465 e. The summed E-state index contributed by atoms with van der Waals surface area (Å²) in [6.45, 7) is 0.485. The van der Waals surface area contributed by atoms with Crippen molar-refractivity contribution < 1.29 is 9.53 Å². The highest BCUT2D eigenvalue weighted by Crippen LogP contribution is 2.24. The van der Waals surface area contributed by atoms with Gasteiger partial charge in [-0.3, -0.25) is 4.98 Å². The normalized spacial score (nSPS) is 9.95. The number of nitrogens with two attached hydrogens (primary N) is 1. The Bertz CT molecular complexity index is 570. The van der Waals surface area contributed by atoms with Crippen LogP contribution in [0.2, 0.25) is 0 Å². The highest BCUT2D eigenvalue weighted by atomic mass is 16.5. The Morgan fingerprint density at radius 2 is 2.16 bits per heavy atom. The first-order valence-electron chi connectivity index (χ1n) is 5.83. The Hall–Kier alpha value is -2.56. The van der Waals surface area contributed by atoms with E-state index in [2.05, 4.69) is 10.3 Å². The van der Waals surface area contributed by atoms with Crippen molar-refractivity contribution in [1.29, 1.82) is 0 Å². The number of para-hydroxylation sites is 1. The van der Waals surface area contributed by atoms with E-state index in [4.69, 9.17) is 10.5 Å². The Labute approximate surface area is 111 Å². The van der Waals surface area contributed by atoms with E-state index < -0.39 is 5.97 Å². The SMILES string of the molecule is COC(=O)c1cccc(N)c1NCc1ccccn1. The summed E-state index contributed by atoms with van der Waals surface area (Å²) in [4.78, 5) is 15.9. The first kappa shape index (κ1) is 12.9. The van der Waals surface area contributed by atoms with E-state index in [1.165, 1.54) is 7.11 Å². The van der Waals surface area contributed by atoms with Gasteiger partial charge in [0.25, 0.3) is 0 Å². The van der Waals surface area contributed by atoms with Crippen LogP contribution in [0.15, 0.2) is 42.6 Å². The fourth-order valence-corrected chi connectivity index (χ4v) is 1.73. The number of carbonyl (C=O) groups excluding carboxylic acids is 1. The number of benzene rings is 1. The number of ether oxygens (including phenoxy) is 1. The van der Waals surface area contributed by atoms with Crippen molar-refractivity contribution in [2.75, 3.05) is 18.2 Å². The third-order valence-corrected chi connectivity index (χ3v) is 2.67. The fraction of sp³-hybridized carbons (Fsp3) is 0.143. The van der Waals surface area contributed by atoms with Crippen molar-refractivity contribution in [3.63, 3.8) is 0 Å². The number of nitrogen functional groups attached to an aromatic ring is 1. The van der Waals surface area contributed by atoms with Crippen LogP contribution < -0.4 is 11.1 Å². The summed E-state index contributed by atoms with van der Waals surface area (Å²) in [6.07, 6.45) is 1.71. The Morgan fingerprint density at radius 3 is 2.84 bits per heavy atom. The zero-order valence-electron chi connectivity index (χ0n) is 10.6. The molecule has 1 heterocycles. The molecule has 0 aliphatic carbocycles. The van der Waals surface area contributed by atoms with E-state index >= 15 is 0 Å². The highest BCUT2D eigenvalue weighted by Gasteiger charge is 2.13. The molecule has 19 heavy (non-hydrogen) atoms. The van der Waals surface area contributed by atoms with Gasteiger partial charge in [0, 0.05) is 6.20 Å². The molecule has 5 heteroatoms. The predicted octanol–water partition coefficient (Wildman–Crippen LogP) is 2.06. The number of pyridine rings is 1. The van der Waals surface area contributed by atoms with E-state index in [1.807, 2.05) is 18.2 Å². The number of nitrogens with one attached hydrogen (secondary N) is 1. The number of rotatable bonds is 4. The van der Waals surface area contributed by atoms with Gasteiger partial charge in [-0.15, -0.1) is 0 Å². The quantitative estimate of drug-likeness (QED) is 0.647. The molecule has 0 saturated heterocycles. The van der Waals surface area contributed by atoms with Crippen molar-refractivity contribution in [1.82, 2.24) is 4.98 Å². The van der Waals surface area contributed by atoms with Crippen molar-refractivity contribution in [2.24, 2.45) is 0 Å². The van der Waals surface area contributed by atoms with Crippen molar-refractivity contribution in [2.45, 2.75) is 6.54 Å². The minimum atomic E-state index is -0.421. The predicted molar refractivity (Wildman–Crippen MR) is 73.8 cm³/mol. The molecule has 1 aromatic heterocycles. The molecular formula is C14H15N3O2. The molecular weight excluding hydrogens is 242 g/mol. The summed E-state index contributed by atoms with van der Waals surface area (Å²) in [5, 5.41) is 3.12. The second kappa shape index (κ2) is 5.86. The largest absolute Gasteiger partial charge is 0.465 e. The summed E-state index contributed by atoms with van der Waals surface area (Å²) in [5.74, 6) is -0.421. The number of hydrogen-bond acceptors (Lipinski definition) is 5. The standard InChI is InChI=1S/C14H15N3O2/c1-19-14(18)11-6-4-7-12(15)13(11)17-9-10-5-2-3-8-16-10/h2-8,17H,9,15H2,1H3. The van der Waals surface area contributed by atoms with Gasteiger partial charge in [-0.25, -0.2) is 4.79 Å². The van der Waals surface area contributed by atoms with E-state index in [0.717, 1.165) is 5.69 Å². The number of esters is 1. The van der Waals surface area contributed by atoms with Gasteiger partial charge in [0.2, 0.25) is 0 Å². The van der Waals surface area contributed by atoms with Crippen molar-refractivity contribution in [3.05, 3.63) is 53.9 Å². The average molecular weight is 257 g/mol. The maximum absolute atomic E-state index is 11.7. The van der Waals surface area contributed by atoms with Crippen LogP contribution in [0.3, 0.4) is 0 Å². The third kappa shape index (κ3) is 3.01. The summed E-state index contributed by atoms with van der Waals surface area (Å²) < 4.78 is 4.73. The molecule has 0 atom stereocenters. The zero-order valence-corrected chi connectivity index (χ0v) is 10.6. The van der Waals surface area contributed by atoms with Crippen LogP contribution in [0.4, 0.5) is 11.4 Å². The molecule has 0 bridgehead atoms. The second-order valence-corrected chi connectivity index (χ2v) is 3.94. The minimum absolute atomic E-state index is 0.415. The fourth-order valence-electron chi connectivity index (χ4n) is 1.73. The molecule has 1 aromatic carbocycles. The number of nitrogens with zero attached hydrogens (tertiary/aromatic N) is 1. The highest BCUT2D eigenvalue weighted by molar-refractivity contribution is 5.98. The van der Waals surface area contributed by atoms with Crippen molar-refractivity contribution >= 4 is 17.3 Å². The van der Waals surface area contributed by atoms with Crippen LogP contribution in [0, 0.1) is 0 Å². The summed E-state index contributed by atoms with van der Waals surface area (Å²) in [7, 11) is 1.34. The molecule has 3 N–H and O–H groups in total. The molecule has 0 amide bonds. The molecule has 2 rings (SSSR count). The summed E-state index contributed by atoms with van der Waals surface area (Å²) in [5.41, 5.74) is 8.23. The number of anilines is 2. The Balaban J connectivity index is 2.22. The van der Waals surface area contributed by atoms with E-state index in [-0.39, 0.29) is 0 Å². The summed E-state index contributed by atoms with van der Waals surface area (Å²) >= 11 is 0. The zero-order chi connectivity index (χ0) is 13.7. The lowest BCUT2D eigenvalue weighted by Gasteiger charge is -2.12. The smallest absolute Gasteiger partial charge is 0.340 e. The van der Waals surface area contributed by atoms with Crippen LogP contribution in [0.25, 0.3) is 0 Å². The second-order valence-electron chi connectivity index (χ2n) is 3.94. The van der Waals surface area contributed by atoms with Crippen LogP contribution in [-0.2, 0) is 11.3 Å². The van der Waals surface area contributed by atoms with E-state index in [1.54, 1.807) is 24.4 Å². The lowest BCUT2D eigenvalue weighted by atomic mass is 10.1. The van der Waals surface area contributed by atoms with Gasteiger partial charge in [-0.05, 0) is 24.3 Å². The van der Waals surface area contributed by atoms with E-state index in [9.17, 15) is 4.79 Å². The van der Waals surface area contributed by atoms with Gasteiger partial charge in [0.1, 0.15) is 0 Å². The van der Waals surface area contributed by atoms with Crippen LogP contribution in [-0.4, -0.2) is 18.1 Å². The molecule has 0 spiro atoms. The molecule has 0 unspecified atom stereocenters. The number of hydrogen-bond donors (Lipinski definition) is 2. The van der Waals surface area contributed by atoms with Gasteiger partial charge in [0.15, 0.2) is 0 Å². The lowest BCUT2D eigenvalue weighted by molar-refractivity contribution is 0.0602. The van der Waals surface area contributed by atoms with Gasteiger partial charge in [-0.2, -0.15) is 0 Å². The molecule has 0 fully saturated rings. The van der Waals surface area contributed by atoms with Crippen LogP contribution in [0.5, 0.6) is 0 Å². The first-order valence-corrected chi connectivity index (χ1v) is 5.83. The Kier molecular flexibility index (Phi) is 3.97. The molecule has 2 aromatic rings. The van der Waals surface area contributed by atoms with Crippen LogP contribution in [0.1, 0.15) is 16.1 Å². The number of carbonyl (C=O) groups is 1. The molecule has 98 valence electrons. The van der Waals surface area contributed by atoms with Crippen LogP contribution >= 0.6 is 0 Å². The van der Waals surface area contributed by atoms with Gasteiger partial charge < -0.3 is 15.8 Å². The molecule has 0 radical (unpaired) electrons. The maximum Gasteiger partial charge on any atom is 0.340 e. The topological polar surface area (TPSA) is 77.2 Å². The van der Waals surface area contributed by atoms with Gasteiger partial charge in [-0.1, -0.05) is 12.1 Å². The van der Waals surface area contributed by atoms with Gasteiger partial charge in [0.05, 0.1) is 36.3 Å². The van der Waals surface area contributed by atoms with Crippen molar-refractivity contribution in [3.8, 4) is 0 Å². The summed E-state index contributed by atoms with van der Waals surface area (Å²) in [6, 6.07) is 10.8. The first-order chi connectivity index (χ1) is 9.22. The number of aromatic nitrogens is 1. The average Bonchev–Trinajstić information content (AvgIpc) is 2.46. The Morgan fingerprint density at radius 1 is 1.32 bits per heavy atom. The molecule has 0 aliphatic rings. The molecule has 0 saturated carbocycles. The van der Waals surface area contributed by atoms with Gasteiger partial charge >= 0.3 is 5.97 Å². The monoisotopic (exact) mass is 257 g/mol. The third-order valence-electron chi connectivity index (χ3n) is 2.67. The number of methoxy groups -OCH3 is 1. The molecule has 0 aliphatic heterocycles. The maximum atomic E-state index is 11.7. The lowest BCUT2D eigenvalue weighted by Crippen LogP contribution is -2.11.